The Labute approximate surface area is 112 Å². The minimum atomic E-state index is 0.892. The monoisotopic (exact) mass is 296 g/mol. The average Bonchev–Trinajstić information content (AvgIpc) is 2.57. The smallest absolute Gasteiger partial charge is 0.0611 e. The van der Waals surface area contributed by atoms with Crippen molar-refractivity contribution < 1.29 is 0 Å². The normalized spacial score (nSPS) is 21.3. The van der Waals surface area contributed by atoms with Crippen LogP contribution < -0.4 is 10.6 Å². The maximum absolute atomic E-state index is 6.08. The summed E-state index contributed by atoms with van der Waals surface area (Å²) in [5.74, 6) is 0.897. The van der Waals surface area contributed by atoms with Crippen molar-refractivity contribution in [2.75, 3.05) is 23.7 Å². The van der Waals surface area contributed by atoms with E-state index in [4.69, 9.17) is 5.73 Å². The minimum absolute atomic E-state index is 0.892. The lowest BCUT2D eigenvalue weighted by molar-refractivity contribution is 0.459. The Morgan fingerprint density at radius 2 is 2.18 bits per heavy atom. The van der Waals surface area contributed by atoms with Crippen LogP contribution in [-0.2, 0) is 0 Å². The molecule has 1 aliphatic rings. The van der Waals surface area contributed by atoms with Gasteiger partial charge in [0.2, 0.25) is 0 Å². The van der Waals surface area contributed by atoms with Gasteiger partial charge in [-0.3, -0.25) is 0 Å². The van der Waals surface area contributed by atoms with Gasteiger partial charge in [-0.25, -0.2) is 0 Å². The number of rotatable bonds is 2. The van der Waals surface area contributed by atoms with Crippen molar-refractivity contribution in [3.63, 3.8) is 0 Å². The van der Waals surface area contributed by atoms with E-state index in [9.17, 15) is 0 Å². The molecule has 94 valence electrons. The summed E-state index contributed by atoms with van der Waals surface area (Å²) in [6.07, 6.45) is 5.25. The third-order valence-corrected chi connectivity index (χ3v) is 4.25. The van der Waals surface area contributed by atoms with E-state index in [1.807, 2.05) is 12.1 Å². The molecule has 0 saturated carbocycles. The van der Waals surface area contributed by atoms with Crippen molar-refractivity contribution in [2.24, 2.45) is 5.92 Å². The number of benzene rings is 1. The number of nitrogens with two attached hydrogens (primary N) is 1. The van der Waals surface area contributed by atoms with Crippen molar-refractivity contribution in [1.82, 2.24) is 0 Å². The molecule has 1 aliphatic heterocycles. The van der Waals surface area contributed by atoms with Gasteiger partial charge < -0.3 is 10.6 Å². The quantitative estimate of drug-likeness (QED) is 0.834. The summed E-state index contributed by atoms with van der Waals surface area (Å²) in [6.45, 7) is 4.57. The lowest BCUT2D eigenvalue weighted by Crippen LogP contribution is -2.25. The van der Waals surface area contributed by atoms with Crippen LogP contribution in [0.1, 0.15) is 32.6 Å². The highest BCUT2D eigenvalue weighted by Crippen LogP contribution is 2.30. The molecule has 1 heterocycles. The number of hydrogen-bond donors (Lipinski definition) is 1. The molecule has 2 rings (SSSR count). The highest BCUT2D eigenvalue weighted by atomic mass is 79.9. The first-order valence-electron chi connectivity index (χ1n) is 6.50. The van der Waals surface area contributed by atoms with Crippen molar-refractivity contribution in [2.45, 2.75) is 32.6 Å². The summed E-state index contributed by atoms with van der Waals surface area (Å²) in [7, 11) is 0. The third kappa shape index (κ3) is 3.15. The van der Waals surface area contributed by atoms with Crippen LogP contribution in [-0.4, -0.2) is 13.1 Å². The van der Waals surface area contributed by atoms with Gasteiger partial charge in [0.25, 0.3) is 0 Å². The molecule has 0 aliphatic carbocycles. The van der Waals surface area contributed by atoms with Crippen LogP contribution in [0.2, 0.25) is 0 Å². The molecule has 0 aromatic heterocycles. The molecule has 0 bridgehead atoms. The largest absolute Gasteiger partial charge is 0.397 e. The Balaban J connectivity index is 2.13. The van der Waals surface area contributed by atoms with Gasteiger partial charge in [0.15, 0.2) is 0 Å². The van der Waals surface area contributed by atoms with Crippen molar-refractivity contribution in [3.05, 3.63) is 22.7 Å². The second-order valence-corrected chi connectivity index (χ2v) is 5.81. The SMILES string of the molecule is CCC1CCCN(c2cc(Br)ccc2N)CC1. The fourth-order valence-corrected chi connectivity index (χ4v) is 2.95. The molecule has 0 amide bonds. The van der Waals surface area contributed by atoms with Gasteiger partial charge in [-0.15, -0.1) is 0 Å². The summed E-state index contributed by atoms with van der Waals surface area (Å²) in [5, 5.41) is 0. The van der Waals surface area contributed by atoms with E-state index < -0.39 is 0 Å². The zero-order valence-electron chi connectivity index (χ0n) is 10.5. The summed E-state index contributed by atoms with van der Waals surface area (Å²) < 4.78 is 1.11. The fourth-order valence-electron chi connectivity index (χ4n) is 2.61. The van der Waals surface area contributed by atoms with Crippen LogP contribution in [0.15, 0.2) is 22.7 Å². The number of anilines is 2. The number of nitrogen functional groups attached to an aromatic ring is 1. The molecular weight excluding hydrogens is 276 g/mol. The van der Waals surface area contributed by atoms with E-state index >= 15 is 0 Å². The summed E-state index contributed by atoms with van der Waals surface area (Å²) in [4.78, 5) is 2.44. The molecule has 1 atom stereocenters. The maximum atomic E-state index is 6.08. The predicted octanol–water partition coefficient (Wildman–Crippen LogP) is 4.05. The Bertz CT molecular complexity index is 378. The highest BCUT2D eigenvalue weighted by Gasteiger charge is 2.17. The molecule has 1 aromatic rings. The van der Waals surface area contributed by atoms with Crippen LogP contribution in [0.5, 0.6) is 0 Å². The van der Waals surface area contributed by atoms with Gasteiger partial charge >= 0.3 is 0 Å². The lowest BCUT2D eigenvalue weighted by atomic mass is 9.98. The molecule has 1 saturated heterocycles. The summed E-state index contributed by atoms with van der Waals surface area (Å²) in [6, 6.07) is 6.13. The van der Waals surface area contributed by atoms with Gasteiger partial charge in [0.1, 0.15) is 0 Å². The first-order valence-corrected chi connectivity index (χ1v) is 7.30. The first kappa shape index (κ1) is 12.7. The molecule has 0 spiro atoms. The molecule has 17 heavy (non-hydrogen) atoms. The molecule has 1 aromatic carbocycles. The second kappa shape index (κ2) is 5.76. The van der Waals surface area contributed by atoms with E-state index in [0.717, 1.165) is 29.2 Å². The van der Waals surface area contributed by atoms with Gasteiger partial charge in [0.05, 0.1) is 11.4 Å². The zero-order valence-corrected chi connectivity index (χ0v) is 12.0. The Hall–Kier alpha value is -0.700. The first-order chi connectivity index (χ1) is 8.20. The van der Waals surface area contributed by atoms with Crippen molar-refractivity contribution >= 4 is 27.3 Å². The van der Waals surface area contributed by atoms with E-state index in [0.29, 0.717) is 0 Å². The molecule has 3 heteroatoms. The van der Waals surface area contributed by atoms with Crippen LogP contribution in [0.4, 0.5) is 11.4 Å². The van der Waals surface area contributed by atoms with E-state index in [1.165, 1.54) is 31.4 Å². The van der Waals surface area contributed by atoms with E-state index in [-0.39, 0.29) is 0 Å². The fraction of sp³-hybridized carbons (Fsp3) is 0.571. The standard InChI is InChI=1S/C14H21BrN2/c1-2-11-4-3-8-17(9-7-11)14-10-12(15)5-6-13(14)16/h5-6,10-11H,2-4,7-9,16H2,1H3. The molecule has 2 nitrogen and oxygen atoms in total. The summed E-state index contributed by atoms with van der Waals surface area (Å²) >= 11 is 3.53. The molecule has 1 unspecified atom stereocenters. The number of nitrogens with zero attached hydrogens (tertiary/aromatic N) is 1. The Morgan fingerprint density at radius 1 is 1.35 bits per heavy atom. The van der Waals surface area contributed by atoms with Gasteiger partial charge in [-0.2, -0.15) is 0 Å². The van der Waals surface area contributed by atoms with Gasteiger partial charge in [-0.05, 0) is 43.4 Å². The van der Waals surface area contributed by atoms with Crippen LogP contribution in [0, 0.1) is 5.92 Å². The Morgan fingerprint density at radius 3 is 2.94 bits per heavy atom. The topological polar surface area (TPSA) is 29.3 Å². The van der Waals surface area contributed by atoms with E-state index in [2.05, 4.69) is 33.8 Å². The highest BCUT2D eigenvalue weighted by molar-refractivity contribution is 9.10. The molecule has 2 N–H and O–H groups in total. The van der Waals surface area contributed by atoms with Crippen LogP contribution >= 0.6 is 15.9 Å². The minimum Gasteiger partial charge on any atom is -0.397 e. The molecular formula is C14H21BrN2. The van der Waals surface area contributed by atoms with Gasteiger partial charge in [0, 0.05) is 17.6 Å². The van der Waals surface area contributed by atoms with E-state index in [1.54, 1.807) is 0 Å². The molecule has 1 fully saturated rings. The average molecular weight is 297 g/mol. The molecule has 0 radical (unpaired) electrons. The number of halogens is 1. The number of hydrogen-bond acceptors (Lipinski definition) is 2. The van der Waals surface area contributed by atoms with Crippen LogP contribution in [0.3, 0.4) is 0 Å². The maximum Gasteiger partial charge on any atom is 0.0611 e. The Kier molecular flexibility index (Phi) is 4.32. The van der Waals surface area contributed by atoms with Crippen molar-refractivity contribution in [3.8, 4) is 0 Å². The zero-order chi connectivity index (χ0) is 12.3. The summed E-state index contributed by atoms with van der Waals surface area (Å²) in [5.41, 5.74) is 8.16. The van der Waals surface area contributed by atoms with Crippen molar-refractivity contribution in [1.29, 1.82) is 0 Å². The second-order valence-electron chi connectivity index (χ2n) is 4.90. The van der Waals surface area contributed by atoms with Gasteiger partial charge in [-0.1, -0.05) is 29.3 Å². The van der Waals surface area contributed by atoms with Crippen LogP contribution in [0.25, 0.3) is 0 Å². The third-order valence-electron chi connectivity index (χ3n) is 3.76. The lowest BCUT2D eigenvalue weighted by Gasteiger charge is -2.24. The predicted molar refractivity (Wildman–Crippen MR) is 78.4 cm³/mol.